The summed E-state index contributed by atoms with van der Waals surface area (Å²) in [6.45, 7) is 3.27. The van der Waals surface area contributed by atoms with Crippen molar-refractivity contribution in [1.82, 2.24) is 9.80 Å². The van der Waals surface area contributed by atoms with E-state index in [2.05, 4.69) is 16.8 Å². The van der Waals surface area contributed by atoms with Crippen LogP contribution in [-0.2, 0) is 16.1 Å². The molecule has 0 aromatic carbocycles. The molecule has 1 saturated carbocycles. The lowest BCUT2D eigenvalue weighted by Crippen LogP contribution is -2.61. The molecule has 0 spiro atoms. The SMILES string of the molecule is CN(Cc1ccco1)[C@@H]1CN(C(=O)CC2CC2)C[C@@H]2CCCO[C@@H]21. The predicted octanol–water partition coefficient (Wildman–Crippen LogP) is 2.52. The van der Waals surface area contributed by atoms with Crippen LogP contribution < -0.4 is 0 Å². The second-order valence-corrected chi connectivity index (χ2v) is 7.75. The van der Waals surface area contributed by atoms with Crippen LogP contribution >= 0.6 is 0 Å². The predicted molar refractivity (Wildman–Crippen MR) is 90.3 cm³/mol. The zero-order valence-corrected chi connectivity index (χ0v) is 14.5. The third kappa shape index (κ3) is 3.52. The largest absolute Gasteiger partial charge is 0.468 e. The Labute approximate surface area is 143 Å². The third-order valence-electron chi connectivity index (χ3n) is 5.80. The molecular formula is C19H28N2O3. The van der Waals surface area contributed by atoms with Gasteiger partial charge in [-0.1, -0.05) is 0 Å². The van der Waals surface area contributed by atoms with Crippen LogP contribution in [0.4, 0.5) is 0 Å². The van der Waals surface area contributed by atoms with Crippen LogP contribution in [0, 0.1) is 11.8 Å². The fourth-order valence-electron chi connectivity index (χ4n) is 4.23. The number of hydrogen-bond donors (Lipinski definition) is 0. The Hall–Kier alpha value is -1.33. The highest BCUT2D eigenvalue weighted by Crippen LogP contribution is 2.35. The van der Waals surface area contributed by atoms with E-state index in [9.17, 15) is 4.79 Å². The van der Waals surface area contributed by atoms with Crippen molar-refractivity contribution in [3.8, 4) is 0 Å². The summed E-state index contributed by atoms with van der Waals surface area (Å²) in [4.78, 5) is 17.1. The smallest absolute Gasteiger partial charge is 0.222 e. The quantitative estimate of drug-likeness (QED) is 0.831. The van der Waals surface area contributed by atoms with Crippen molar-refractivity contribution in [2.45, 2.75) is 50.8 Å². The van der Waals surface area contributed by atoms with Crippen molar-refractivity contribution in [3.05, 3.63) is 24.2 Å². The zero-order valence-electron chi connectivity index (χ0n) is 14.5. The number of carbonyl (C=O) groups excluding carboxylic acids is 1. The van der Waals surface area contributed by atoms with E-state index in [1.807, 2.05) is 12.1 Å². The number of nitrogens with zero attached hydrogens (tertiary/aromatic N) is 2. The van der Waals surface area contributed by atoms with Crippen molar-refractivity contribution >= 4 is 5.91 Å². The van der Waals surface area contributed by atoms with E-state index in [-0.39, 0.29) is 12.1 Å². The van der Waals surface area contributed by atoms with Gasteiger partial charge < -0.3 is 14.1 Å². The first-order valence-corrected chi connectivity index (χ1v) is 9.32. The number of rotatable bonds is 5. The fraction of sp³-hybridized carbons (Fsp3) is 0.737. The summed E-state index contributed by atoms with van der Waals surface area (Å²) in [7, 11) is 2.12. The Morgan fingerprint density at radius 1 is 1.33 bits per heavy atom. The Bertz CT molecular complexity index is 555. The number of likely N-dealkylation sites (tertiary alicyclic amines) is 1. The molecule has 2 aliphatic heterocycles. The molecule has 3 atom stereocenters. The van der Waals surface area contributed by atoms with E-state index in [1.54, 1.807) is 6.26 Å². The number of hydrogen-bond acceptors (Lipinski definition) is 4. The summed E-state index contributed by atoms with van der Waals surface area (Å²) in [5.74, 6) is 2.43. The fourth-order valence-corrected chi connectivity index (χ4v) is 4.23. The first-order chi connectivity index (χ1) is 11.7. The number of furan rings is 1. The average molecular weight is 332 g/mol. The van der Waals surface area contributed by atoms with Gasteiger partial charge in [0, 0.05) is 32.0 Å². The Kier molecular flexibility index (Phi) is 4.63. The van der Waals surface area contributed by atoms with Crippen molar-refractivity contribution in [3.63, 3.8) is 0 Å². The number of piperidine rings is 1. The highest BCUT2D eigenvalue weighted by atomic mass is 16.5. The van der Waals surface area contributed by atoms with Gasteiger partial charge in [0.1, 0.15) is 5.76 Å². The van der Waals surface area contributed by atoms with Gasteiger partial charge in [0.2, 0.25) is 5.91 Å². The van der Waals surface area contributed by atoms with Crippen LogP contribution in [0.2, 0.25) is 0 Å². The lowest BCUT2D eigenvalue weighted by molar-refractivity contribution is -0.147. The third-order valence-corrected chi connectivity index (χ3v) is 5.80. The number of ether oxygens (including phenoxy) is 1. The molecule has 3 aliphatic rings. The van der Waals surface area contributed by atoms with Gasteiger partial charge in [-0.3, -0.25) is 9.69 Å². The molecule has 1 aromatic heterocycles. The van der Waals surface area contributed by atoms with Gasteiger partial charge in [0.25, 0.3) is 0 Å². The van der Waals surface area contributed by atoms with E-state index >= 15 is 0 Å². The van der Waals surface area contributed by atoms with E-state index in [0.29, 0.717) is 17.7 Å². The molecule has 0 N–H and O–H groups in total. The van der Waals surface area contributed by atoms with Crippen molar-refractivity contribution in [2.24, 2.45) is 11.8 Å². The number of likely N-dealkylation sites (N-methyl/N-ethyl adjacent to an activating group) is 1. The maximum atomic E-state index is 12.7. The van der Waals surface area contributed by atoms with Crippen LogP contribution in [0.5, 0.6) is 0 Å². The summed E-state index contributed by atoms with van der Waals surface area (Å²) in [6.07, 6.45) is 7.45. The van der Waals surface area contributed by atoms with Crippen LogP contribution in [-0.4, -0.2) is 54.6 Å². The van der Waals surface area contributed by atoms with Crippen molar-refractivity contribution < 1.29 is 13.9 Å². The molecule has 1 aliphatic carbocycles. The van der Waals surface area contributed by atoms with Crippen LogP contribution in [0.15, 0.2) is 22.8 Å². The molecule has 0 radical (unpaired) electrons. The second kappa shape index (κ2) is 6.89. The molecule has 0 unspecified atom stereocenters. The van der Waals surface area contributed by atoms with Crippen molar-refractivity contribution in [1.29, 1.82) is 0 Å². The van der Waals surface area contributed by atoms with Gasteiger partial charge in [-0.05, 0) is 50.8 Å². The summed E-state index contributed by atoms with van der Waals surface area (Å²) in [5.41, 5.74) is 0. The second-order valence-electron chi connectivity index (χ2n) is 7.75. The Balaban J connectivity index is 1.46. The minimum atomic E-state index is 0.240. The lowest BCUT2D eigenvalue weighted by atomic mass is 9.84. The normalized spacial score (nSPS) is 30.4. The van der Waals surface area contributed by atoms with E-state index < -0.39 is 0 Å². The first-order valence-electron chi connectivity index (χ1n) is 9.32. The van der Waals surface area contributed by atoms with Gasteiger partial charge in [0.05, 0.1) is 25.0 Å². The maximum absolute atomic E-state index is 12.7. The summed E-state index contributed by atoms with van der Waals surface area (Å²) >= 11 is 0. The summed E-state index contributed by atoms with van der Waals surface area (Å²) < 4.78 is 11.6. The van der Waals surface area contributed by atoms with Crippen molar-refractivity contribution in [2.75, 3.05) is 26.7 Å². The Morgan fingerprint density at radius 3 is 2.96 bits per heavy atom. The average Bonchev–Trinajstić information content (AvgIpc) is 3.26. The molecule has 0 bridgehead atoms. The molecule has 132 valence electrons. The number of amides is 1. The topological polar surface area (TPSA) is 45.9 Å². The molecule has 4 rings (SSSR count). The van der Waals surface area contributed by atoms with Gasteiger partial charge in [-0.25, -0.2) is 0 Å². The van der Waals surface area contributed by atoms with E-state index in [4.69, 9.17) is 9.15 Å². The van der Waals surface area contributed by atoms with E-state index in [1.165, 1.54) is 19.3 Å². The van der Waals surface area contributed by atoms with Crippen LogP contribution in [0.1, 0.15) is 37.9 Å². The molecule has 5 heteroatoms. The molecule has 1 aromatic rings. The molecule has 5 nitrogen and oxygen atoms in total. The van der Waals surface area contributed by atoms with Gasteiger partial charge in [-0.15, -0.1) is 0 Å². The molecule has 24 heavy (non-hydrogen) atoms. The highest BCUT2D eigenvalue weighted by molar-refractivity contribution is 5.77. The minimum Gasteiger partial charge on any atom is -0.468 e. The molecule has 3 heterocycles. The molecular weight excluding hydrogens is 304 g/mol. The highest BCUT2D eigenvalue weighted by Gasteiger charge is 2.43. The van der Waals surface area contributed by atoms with E-state index in [0.717, 1.165) is 44.8 Å². The minimum absolute atomic E-state index is 0.240. The maximum Gasteiger partial charge on any atom is 0.222 e. The molecule has 1 amide bonds. The number of fused-ring (bicyclic) bond motifs is 1. The molecule has 2 saturated heterocycles. The van der Waals surface area contributed by atoms with Gasteiger partial charge >= 0.3 is 0 Å². The zero-order chi connectivity index (χ0) is 16.5. The Morgan fingerprint density at radius 2 is 2.21 bits per heavy atom. The monoisotopic (exact) mass is 332 g/mol. The van der Waals surface area contributed by atoms with Crippen LogP contribution in [0.3, 0.4) is 0 Å². The number of carbonyl (C=O) groups is 1. The van der Waals surface area contributed by atoms with Gasteiger partial charge in [0.15, 0.2) is 0 Å². The summed E-state index contributed by atoms with van der Waals surface area (Å²) in [5, 5.41) is 0. The summed E-state index contributed by atoms with van der Waals surface area (Å²) in [6, 6.07) is 4.18. The first kappa shape index (κ1) is 16.2. The van der Waals surface area contributed by atoms with Crippen LogP contribution in [0.25, 0.3) is 0 Å². The van der Waals surface area contributed by atoms with Gasteiger partial charge in [-0.2, -0.15) is 0 Å². The standard InChI is InChI=1S/C19H28N2O3/c1-20(12-16-5-3-8-23-16)17-13-21(18(22)10-14-6-7-14)11-15-4-2-9-24-19(15)17/h3,5,8,14-15,17,19H,2,4,6-7,9-13H2,1H3/t15-,17+,19-/m0/s1. The lowest BCUT2D eigenvalue weighted by Gasteiger charge is -2.48. The molecule has 3 fully saturated rings.